The van der Waals surface area contributed by atoms with Gasteiger partial charge in [0, 0.05) is 0 Å². The fourth-order valence-electron chi connectivity index (χ4n) is 0.976. The van der Waals surface area contributed by atoms with Crippen molar-refractivity contribution in [1.82, 2.24) is 0 Å². The molecular formula is C10H12BF3. The van der Waals surface area contributed by atoms with Crippen molar-refractivity contribution in [3.05, 3.63) is 29.3 Å². The fourth-order valence-corrected chi connectivity index (χ4v) is 0.976. The second kappa shape index (κ2) is 5.08. The van der Waals surface area contributed by atoms with E-state index < -0.39 is 11.7 Å². The number of alkyl halides is 3. The molecule has 0 aliphatic rings. The second-order valence-electron chi connectivity index (χ2n) is 2.63. The molecule has 14 heavy (non-hydrogen) atoms. The molecule has 0 bridgehead atoms. The SMILES string of the molecule is CC.[B]c1cc(C)cc(C(F)(F)F)c1. The Hall–Kier alpha value is -0.925. The standard InChI is InChI=1S/C8H6BF3.C2H6/c1-5-2-6(8(10,11)12)4-7(9)3-5;1-2/h2-4H,1H3;1-2H3. The zero-order valence-electron chi connectivity index (χ0n) is 8.44. The monoisotopic (exact) mass is 200 g/mol. The highest BCUT2D eigenvalue weighted by Crippen LogP contribution is 2.28. The maximum Gasteiger partial charge on any atom is 0.416 e. The van der Waals surface area contributed by atoms with Gasteiger partial charge in [0.15, 0.2) is 0 Å². The van der Waals surface area contributed by atoms with Crippen molar-refractivity contribution in [3.63, 3.8) is 0 Å². The third-order valence-corrected chi connectivity index (χ3v) is 1.43. The Morgan fingerprint density at radius 3 is 1.93 bits per heavy atom. The second-order valence-corrected chi connectivity index (χ2v) is 2.63. The first-order valence-corrected chi connectivity index (χ1v) is 4.34. The molecule has 0 nitrogen and oxygen atoms in total. The predicted octanol–water partition coefficient (Wildman–Crippen LogP) is 2.83. The van der Waals surface area contributed by atoms with Crippen LogP contribution in [0.25, 0.3) is 0 Å². The van der Waals surface area contributed by atoms with Crippen molar-refractivity contribution >= 4 is 13.3 Å². The van der Waals surface area contributed by atoms with Gasteiger partial charge in [0.25, 0.3) is 0 Å². The van der Waals surface area contributed by atoms with Crippen molar-refractivity contribution < 1.29 is 13.2 Å². The van der Waals surface area contributed by atoms with Crippen LogP contribution >= 0.6 is 0 Å². The highest BCUT2D eigenvalue weighted by molar-refractivity contribution is 6.32. The van der Waals surface area contributed by atoms with Crippen molar-refractivity contribution in [2.24, 2.45) is 0 Å². The fraction of sp³-hybridized carbons (Fsp3) is 0.400. The van der Waals surface area contributed by atoms with Crippen LogP contribution in [0.1, 0.15) is 25.0 Å². The molecule has 0 fully saturated rings. The van der Waals surface area contributed by atoms with E-state index in [4.69, 9.17) is 7.85 Å². The Morgan fingerprint density at radius 2 is 1.57 bits per heavy atom. The van der Waals surface area contributed by atoms with E-state index in [2.05, 4.69) is 0 Å². The highest BCUT2D eigenvalue weighted by atomic mass is 19.4. The molecule has 1 aromatic carbocycles. The quantitative estimate of drug-likeness (QED) is 0.565. The normalized spacial score (nSPS) is 10.4. The Kier molecular flexibility index (Phi) is 4.74. The van der Waals surface area contributed by atoms with Crippen LogP contribution in [0.2, 0.25) is 0 Å². The van der Waals surface area contributed by atoms with Crippen molar-refractivity contribution in [2.75, 3.05) is 0 Å². The van der Waals surface area contributed by atoms with Crippen LogP contribution in [0.15, 0.2) is 18.2 Å². The minimum absolute atomic E-state index is 0.141. The molecule has 0 unspecified atom stereocenters. The van der Waals surface area contributed by atoms with E-state index >= 15 is 0 Å². The average Bonchev–Trinajstić information content (AvgIpc) is 2.04. The van der Waals surface area contributed by atoms with Gasteiger partial charge in [0.05, 0.1) is 5.56 Å². The van der Waals surface area contributed by atoms with E-state index in [0.717, 1.165) is 12.1 Å². The lowest BCUT2D eigenvalue weighted by Gasteiger charge is -2.08. The molecule has 2 radical (unpaired) electrons. The third-order valence-electron chi connectivity index (χ3n) is 1.43. The Labute approximate surface area is 83.5 Å². The first kappa shape index (κ1) is 13.1. The third kappa shape index (κ3) is 3.86. The summed E-state index contributed by atoms with van der Waals surface area (Å²) in [5, 5.41) is 0. The largest absolute Gasteiger partial charge is 0.416 e. The molecule has 0 saturated carbocycles. The summed E-state index contributed by atoms with van der Waals surface area (Å²) in [6.07, 6.45) is -4.31. The van der Waals surface area contributed by atoms with Gasteiger partial charge in [0.2, 0.25) is 0 Å². The summed E-state index contributed by atoms with van der Waals surface area (Å²) in [7, 11) is 5.26. The molecule has 0 amide bonds. The van der Waals surface area contributed by atoms with Crippen LogP contribution in [-0.4, -0.2) is 7.85 Å². The zero-order chi connectivity index (χ0) is 11.4. The molecule has 0 heterocycles. The summed E-state index contributed by atoms with van der Waals surface area (Å²) in [4.78, 5) is 0. The van der Waals surface area contributed by atoms with Gasteiger partial charge in [0.1, 0.15) is 7.85 Å². The number of benzene rings is 1. The van der Waals surface area contributed by atoms with Gasteiger partial charge in [-0.2, -0.15) is 13.2 Å². The Morgan fingerprint density at radius 1 is 1.07 bits per heavy atom. The summed E-state index contributed by atoms with van der Waals surface area (Å²) in [6, 6.07) is 3.48. The van der Waals surface area contributed by atoms with Gasteiger partial charge < -0.3 is 0 Å². The first-order valence-electron chi connectivity index (χ1n) is 4.34. The van der Waals surface area contributed by atoms with Gasteiger partial charge in [-0.25, -0.2) is 0 Å². The number of hydrogen-bond acceptors (Lipinski definition) is 0. The average molecular weight is 200 g/mol. The van der Waals surface area contributed by atoms with Crippen LogP contribution in [0.4, 0.5) is 13.2 Å². The first-order chi connectivity index (χ1) is 6.39. The number of hydrogen-bond donors (Lipinski definition) is 0. The van der Waals surface area contributed by atoms with E-state index in [-0.39, 0.29) is 5.46 Å². The molecular weight excluding hydrogens is 188 g/mol. The van der Waals surface area contributed by atoms with E-state index in [9.17, 15) is 13.2 Å². The number of aryl methyl sites for hydroxylation is 1. The van der Waals surface area contributed by atoms with Crippen molar-refractivity contribution in [3.8, 4) is 0 Å². The highest BCUT2D eigenvalue weighted by Gasteiger charge is 2.30. The molecule has 0 aliphatic heterocycles. The lowest BCUT2D eigenvalue weighted by Crippen LogP contribution is -2.11. The lowest BCUT2D eigenvalue weighted by molar-refractivity contribution is -0.137. The summed E-state index contributed by atoms with van der Waals surface area (Å²) < 4.78 is 36.3. The Bertz CT molecular complexity index is 272. The van der Waals surface area contributed by atoms with Gasteiger partial charge in [-0.15, -0.1) is 0 Å². The maximum atomic E-state index is 12.1. The molecule has 0 N–H and O–H groups in total. The Balaban J connectivity index is 0.000000791. The molecule has 1 rings (SSSR count). The van der Waals surface area contributed by atoms with Crippen LogP contribution < -0.4 is 5.46 Å². The molecule has 0 atom stereocenters. The van der Waals surface area contributed by atoms with Gasteiger partial charge >= 0.3 is 6.18 Å². The van der Waals surface area contributed by atoms with Gasteiger partial charge in [-0.05, 0) is 13.0 Å². The van der Waals surface area contributed by atoms with E-state index in [1.54, 1.807) is 6.92 Å². The van der Waals surface area contributed by atoms with Crippen LogP contribution in [-0.2, 0) is 6.18 Å². The maximum absolute atomic E-state index is 12.1. The predicted molar refractivity (Wildman–Crippen MR) is 52.9 cm³/mol. The lowest BCUT2D eigenvalue weighted by atomic mass is 9.92. The topological polar surface area (TPSA) is 0 Å². The van der Waals surface area contributed by atoms with E-state index in [0.29, 0.717) is 5.56 Å². The summed E-state index contributed by atoms with van der Waals surface area (Å²) in [5.41, 5.74) is -0.0374. The van der Waals surface area contributed by atoms with Crippen molar-refractivity contribution in [1.29, 1.82) is 0 Å². The van der Waals surface area contributed by atoms with Gasteiger partial charge in [-0.1, -0.05) is 37.0 Å². The molecule has 76 valence electrons. The summed E-state index contributed by atoms with van der Waals surface area (Å²) in [6.45, 7) is 5.58. The summed E-state index contributed by atoms with van der Waals surface area (Å²) in [5.74, 6) is 0. The molecule has 4 heteroatoms. The van der Waals surface area contributed by atoms with E-state index in [1.807, 2.05) is 13.8 Å². The number of halogens is 3. The minimum Gasteiger partial charge on any atom is -0.166 e. The van der Waals surface area contributed by atoms with Crippen LogP contribution in [0.3, 0.4) is 0 Å². The molecule has 1 aromatic rings. The number of rotatable bonds is 0. The zero-order valence-corrected chi connectivity index (χ0v) is 8.44. The smallest absolute Gasteiger partial charge is 0.166 e. The van der Waals surface area contributed by atoms with Crippen molar-refractivity contribution in [2.45, 2.75) is 26.9 Å². The van der Waals surface area contributed by atoms with Crippen LogP contribution in [0, 0.1) is 6.92 Å². The van der Waals surface area contributed by atoms with Crippen LogP contribution in [0.5, 0.6) is 0 Å². The molecule has 0 spiro atoms. The summed E-state index contributed by atoms with van der Waals surface area (Å²) >= 11 is 0. The van der Waals surface area contributed by atoms with E-state index in [1.165, 1.54) is 6.07 Å². The van der Waals surface area contributed by atoms with Gasteiger partial charge in [-0.3, -0.25) is 0 Å². The molecule has 0 aromatic heterocycles. The molecule has 0 saturated heterocycles. The minimum atomic E-state index is -4.31. The molecule has 0 aliphatic carbocycles.